The van der Waals surface area contributed by atoms with E-state index in [2.05, 4.69) is 5.32 Å². The van der Waals surface area contributed by atoms with Crippen LogP contribution in [0.25, 0.3) is 0 Å². The predicted octanol–water partition coefficient (Wildman–Crippen LogP) is 3.01. The molecular weight excluding hydrogens is 368 g/mol. The Bertz CT molecular complexity index is 856. The summed E-state index contributed by atoms with van der Waals surface area (Å²) in [5.74, 6) is -1.65. The number of thiophene rings is 1. The number of carbonyl (C=O) groups excluding carboxylic acids is 3. The molecule has 0 aliphatic rings. The Morgan fingerprint density at radius 1 is 1.07 bits per heavy atom. The molecule has 2 rings (SSSR count). The van der Waals surface area contributed by atoms with E-state index in [-0.39, 0.29) is 0 Å². The Balaban J connectivity index is 1.99. The van der Waals surface area contributed by atoms with E-state index in [0.717, 1.165) is 16.1 Å². The largest absolute Gasteiger partial charge is 0.465 e. The quantitative estimate of drug-likeness (QED) is 0.763. The van der Waals surface area contributed by atoms with Crippen LogP contribution in [0.1, 0.15) is 31.2 Å². The minimum atomic E-state index is -0.595. The number of esters is 2. The highest BCUT2D eigenvalue weighted by Crippen LogP contribution is 2.32. The first-order chi connectivity index (χ1) is 12.7. The van der Waals surface area contributed by atoms with Gasteiger partial charge in [-0.05, 0) is 43.7 Å². The highest BCUT2D eigenvalue weighted by atomic mass is 32.1. The van der Waals surface area contributed by atoms with Crippen molar-refractivity contribution < 1.29 is 23.9 Å². The fraction of sp³-hybridized carbons (Fsp3) is 0.316. The third kappa shape index (κ3) is 4.85. The van der Waals surface area contributed by atoms with Gasteiger partial charge in [0.25, 0.3) is 5.91 Å². The first kappa shape index (κ1) is 20.4. The molecule has 0 saturated heterocycles. The number of nitrogens with zero attached hydrogens (tertiary/aromatic N) is 1. The number of anilines is 2. The third-order valence-corrected chi connectivity index (χ3v) is 5.10. The van der Waals surface area contributed by atoms with Crippen molar-refractivity contribution in [2.24, 2.45) is 0 Å². The van der Waals surface area contributed by atoms with Gasteiger partial charge in [-0.3, -0.25) is 4.79 Å². The van der Waals surface area contributed by atoms with E-state index in [9.17, 15) is 14.4 Å². The molecule has 0 unspecified atom stereocenters. The van der Waals surface area contributed by atoms with Crippen LogP contribution in [0.2, 0.25) is 0 Å². The van der Waals surface area contributed by atoms with Crippen LogP contribution >= 0.6 is 11.3 Å². The summed E-state index contributed by atoms with van der Waals surface area (Å²) in [6, 6.07) is 6.85. The lowest BCUT2D eigenvalue weighted by Crippen LogP contribution is -2.21. The Morgan fingerprint density at radius 3 is 2.26 bits per heavy atom. The van der Waals surface area contributed by atoms with Gasteiger partial charge in [0.1, 0.15) is 5.00 Å². The normalized spacial score (nSPS) is 10.3. The standard InChI is InChI=1S/C19H22N2O5S/c1-11-12(2)27-17(16(11)19(24)25-5)20-15(22)10-26-18(23)13-6-8-14(9-7-13)21(3)4/h6-9H,10H2,1-5H3,(H,20,22). The van der Waals surface area contributed by atoms with Gasteiger partial charge >= 0.3 is 11.9 Å². The number of rotatable bonds is 6. The molecular formula is C19H22N2O5S. The first-order valence-electron chi connectivity index (χ1n) is 8.17. The number of ether oxygens (including phenoxy) is 2. The molecule has 0 saturated carbocycles. The van der Waals surface area contributed by atoms with Crippen LogP contribution in [0.5, 0.6) is 0 Å². The maximum absolute atomic E-state index is 12.1. The summed E-state index contributed by atoms with van der Waals surface area (Å²) in [4.78, 5) is 38.9. The Kier molecular flexibility index (Phi) is 6.57. The van der Waals surface area contributed by atoms with Gasteiger partial charge in [-0.1, -0.05) is 0 Å². The van der Waals surface area contributed by atoms with Crippen LogP contribution in [0, 0.1) is 13.8 Å². The highest BCUT2D eigenvalue weighted by molar-refractivity contribution is 7.16. The monoisotopic (exact) mass is 390 g/mol. The molecule has 0 fully saturated rings. The van der Waals surface area contributed by atoms with E-state index < -0.39 is 24.5 Å². The maximum Gasteiger partial charge on any atom is 0.341 e. The number of amides is 1. The fourth-order valence-corrected chi connectivity index (χ4v) is 3.40. The first-order valence-corrected chi connectivity index (χ1v) is 8.99. The van der Waals surface area contributed by atoms with E-state index >= 15 is 0 Å². The van der Waals surface area contributed by atoms with E-state index in [1.807, 2.05) is 25.9 Å². The third-order valence-electron chi connectivity index (χ3n) is 3.98. The molecule has 0 atom stereocenters. The second kappa shape index (κ2) is 8.68. The molecule has 0 spiro atoms. The second-order valence-corrected chi connectivity index (χ2v) is 7.27. The molecule has 27 heavy (non-hydrogen) atoms. The number of methoxy groups -OCH3 is 1. The molecule has 0 bridgehead atoms. The molecule has 0 aliphatic heterocycles. The number of nitrogens with one attached hydrogen (secondary N) is 1. The number of carbonyl (C=O) groups is 3. The molecule has 0 radical (unpaired) electrons. The number of hydrogen-bond donors (Lipinski definition) is 1. The van der Waals surface area contributed by atoms with Gasteiger partial charge in [-0.2, -0.15) is 0 Å². The van der Waals surface area contributed by atoms with Gasteiger partial charge in [0, 0.05) is 24.7 Å². The second-order valence-electron chi connectivity index (χ2n) is 6.04. The topological polar surface area (TPSA) is 84.9 Å². The summed E-state index contributed by atoms with van der Waals surface area (Å²) in [5.41, 5.74) is 2.37. The number of hydrogen-bond acceptors (Lipinski definition) is 7. The van der Waals surface area contributed by atoms with Crippen molar-refractivity contribution in [3.8, 4) is 0 Å². The van der Waals surface area contributed by atoms with Crippen molar-refractivity contribution in [1.29, 1.82) is 0 Å². The van der Waals surface area contributed by atoms with Crippen LogP contribution in [0.15, 0.2) is 24.3 Å². The minimum Gasteiger partial charge on any atom is -0.465 e. The highest BCUT2D eigenvalue weighted by Gasteiger charge is 2.22. The summed E-state index contributed by atoms with van der Waals surface area (Å²) in [6.07, 6.45) is 0. The molecule has 0 aliphatic carbocycles. The van der Waals surface area contributed by atoms with Gasteiger partial charge in [-0.25, -0.2) is 9.59 Å². The molecule has 8 heteroatoms. The lowest BCUT2D eigenvalue weighted by Gasteiger charge is -2.12. The maximum atomic E-state index is 12.1. The Morgan fingerprint density at radius 2 is 1.70 bits per heavy atom. The minimum absolute atomic E-state index is 0.318. The molecule has 1 aromatic carbocycles. The van der Waals surface area contributed by atoms with E-state index in [1.165, 1.54) is 18.4 Å². The van der Waals surface area contributed by atoms with Crippen LogP contribution in [0.4, 0.5) is 10.7 Å². The zero-order valence-corrected chi connectivity index (χ0v) is 16.7. The molecule has 1 N–H and O–H groups in total. The SMILES string of the molecule is COC(=O)c1c(NC(=O)COC(=O)c2ccc(N(C)C)cc2)sc(C)c1C. The summed E-state index contributed by atoms with van der Waals surface area (Å²) in [7, 11) is 5.08. The average molecular weight is 390 g/mol. The van der Waals surface area contributed by atoms with Gasteiger partial charge in [0.15, 0.2) is 6.61 Å². The van der Waals surface area contributed by atoms with Crippen molar-refractivity contribution in [2.75, 3.05) is 38.0 Å². The summed E-state index contributed by atoms with van der Waals surface area (Å²) < 4.78 is 9.81. The van der Waals surface area contributed by atoms with Gasteiger partial charge in [0.2, 0.25) is 0 Å². The number of aryl methyl sites for hydroxylation is 1. The van der Waals surface area contributed by atoms with Crippen molar-refractivity contribution in [3.05, 3.63) is 45.8 Å². The van der Waals surface area contributed by atoms with Crippen molar-refractivity contribution >= 4 is 39.9 Å². The fourth-order valence-electron chi connectivity index (χ4n) is 2.34. The van der Waals surface area contributed by atoms with E-state index in [1.54, 1.807) is 31.2 Å². The van der Waals surface area contributed by atoms with Gasteiger partial charge < -0.3 is 19.7 Å². The number of benzene rings is 1. The van der Waals surface area contributed by atoms with E-state index in [0.29, 0.717) is 16.1 Å². The van der Waals surface area contributed by atoms with Gasteiger partial charge in [-0.15, -0.1) is 11.3 Å². The average Bonchev–Trinajstić information content (AvgIpc) is 2.92. The van der Waals surface area contributed by atoms with Crippen LogP contribution in [0.3, 0.4) is 0 Å². The lowest BCUT2D eigenvalue weighted by atomic mass is 10.1. The Labute approximate surface area is 161 Å². The molecule has 7 nitrogen and oxygen atoms in total. The molecule has 2 aromatic rings. The lowest BCUT2D eigenvalue weighted by molar-refractivity contribution is -0.119. The smallest absolute Gasteiger partial charge is 0.341 e. The van der Waals surface area contributed by atoms with Gasteiger partial charge in [0.05, 0.1) is 18.2 Å². The van der Waals surface area contributed by atoms with E-state index in [4.69, 9.17) is 9.47 Å². The zero-order valence-electron chi connectivity index (χ0n) is 15.9. The molecule has 1 heterocycles. The molecule has 144 valence electrons. The Hall–Kier alpha value is -2.87. The summed E-state index contributed by atoms with van der Waals surface area (Å²) >= 11 is 1.27. The summed E-state index contributed by atoms with van der Waals surface area (Å²) in [6.45, 7) is 3.18. The van der Waals surface area contributed by atoms with Crippen molar-refractivity contribution in [1.82, 2.24) is 0 Å². The van der Waals surface area contributed by atoms with Crippen molar-refractivity contribution in [2.45, 2.75) is 13.8 Å². The molecule has 1 amide bonds. The molecule has 1 aromatic heterocycles. The van der Waals surface area contributed by atoms with Crippen LogP contribution in [-0.2, 0) is 14.3 Å². The predicted molar refractivity (Wildman–Crippen MR) is 105 cm³/mol. The van der Waals surface area contributed by atoms with Crippen molar-refractivity contribution in [3.63, 3.8) is 0 Å². The van der Waals surface area contributed by atoms with Crippen LogP contribution in [-0.4, -0.2) is 45.7 Å². The zero-order chi connectivity index (χ0) is 20.1. The summed E-state index contributed by atoms with van der Waals surface area (Å²) in [5, 5.41) is 3.00. The van der Waals surface area contributed by atoms with Crippen LogP contribution < -0.4 is 10.2 Å².